The minimum Gasteiger partial charge on any atom is -0.468 e. The van der Waals surface area contributed by atoms with E-state index in [1.165, 1.54) is 11.2 Å². The van der Waals surface area contributed by atoms with Crippen molar-refractivity contribution in [1.82, 2.24) is 5.32 Å². The molecule has 1 N–H and O–H groups in total. The van der Waals surface area contributed by atoms with Gasteiger partial charge in [-0.15, -0.1) is 0 Å². The first-order chi connectivity index (χ1) is 10.9. The van der Waals surface area contributed by atoms with Crippen molar-refractivity contribution in [3.63, 3.8) is 0 Å². The van der Waals surface area contributed by atoms with Gasteiger partial charge < -0.3 is 9.73 Å². The van der Waals surface area contributed by atoms with Crippen LogP contribution in [0.15, 0.2) is 47.1 Å². The van der Waals surface area contributed by atoms with Crippen molar-refractivity contribution in [1.29, 1.82) is 0 Å². The number of sulfonamides is 1. The monoisotopic (exact) mass is 336 g/mol. The summed E-state index contributed by atoms with van der Waals surface area (Å²) in [6.45, 7) is 2.70. The fraction of sp³-hybridized carbons (Fsp3) is 0.312. The number of hydrogen-bond donors (Lipinski definition) is 1. The Labute approximate surface area is 136 Å². The summed E-state index contributed by atoms with van der Waals surface area (Å²) in [5, 5.41) is 3.13. The second kappa shape index (κ2) is 7.43. The Balaban J connectivity index is 2.05. The number of carbonyl (C=O) groups is 1. The lowest BCUT2D eigenvalue weighted by Crippen LogP contribution is -2.36. The number of carbonyl (C=O) groups excluding carboxylic acids is 1. The summed E-state index contributed by atoms with van der Waals surface area (Å²) in [5.74, 6) is 0.686. The van der Waals surface area contributed by atoms with E-state index >= 15 is 0 Å². The van der Waals surface area contributed by atoms with E-state index in [4.69, 9.17) is 4.42 Å². The van der Waals surface area contributed by atoms with Crippen LogP contribution in [0.4, 0.5) is 5.69 Å². The summed E-state index contributed by atoms with van der Waals surface area (Å²) >= 11 is 0. The van der Waals surface area contributed by atoms with Gasteiger partial charge in [0.25, 0.3) is 0 Å². The second-order valence-electron chi connectivity index (χ2n) is 5.20. The van der Waals surface area contributed by atoms with Gasteiger partial charge >= 0.3 is 0 Å². The molecule has 1 aromatic heterocycles. The van der Waals surface area contributed by atoms with Crippen LogP contribution in [0.3, 0.4) is 0 Å². The molecular formula is C16H20N2O4S. The molecule has 0 fully saturated rings. The average molecular weight is 336 g/mol. The van der Waals surface area contributed by atoms with Crippen LogP contribution in [0.2, 0.25) is 0 Å². The Hall–Kier alpha value is -2.12. The number of nitrogens with zero attached hydrogens (tertiary/aromatic N) is 1. The molecule has 0 aliphatic rings. The van der Waals surface area contributed by atoms with Gasteiger partial charge in [0.15, 0.2) is 5.78 Å². The number of nitrogens with one attached hydrogen (secondary N) is 1. The van der Waals surface area contributed by atoms with Crippen LogP contribution in [0.25, 0.3) is 0 Å². The van der Waals surface area contributed by atoms with Crippen molar-refractivity contribution in [2.75, 3.05) is 23.7 Å². The zero-order valence-corrected chi connectivity index (χ0v) is 14.0. The predicted molar refractivity (Wildman–Crippen MR) is 89.1 cm³/mol. The second-order valence-corrected chi connectivity index (χ2v) is 7.10. The largest absolute Gasteiger partial charge is 0.468 e. The summed E-state index contributed by atoms with van der Waals surface area (Å²) in [5.41, 5.74) is 0.972. The van der Waals surface area contributed by atoms with E-state index in [2.05, 4.69) is 5.32 Å². The van der Waals surface area contributed by atoms with Gasteiger partial charge in [-0.3, -0.25) is 9.10 Å². The van der Waals surface area contributed by atoms with Crippen LogP contribution < -0.4 is 9.62 Å². The molecule has 0 spiro atoms. The van der Waals surface area contributed by atoms with E-state index in [1.54, 1.807) is 36.6 Å². The van der Waals surface area contributed by atoms with Gasteiger partial charge in [-0.2, -0.15) is 0 Å². The first-order valence-electron chi connectivity index (χ1n) is 7.20. The highest BCUT2D eigenvalue weighted by Crippen LogP contribution is 2.19. The minimum absolute atomic E-state index is 0.101. The summed E-state index contributed by atoms with van der Waals surface area (Å²) in [6.07, 6.45) is 2.74. The maximum Gasteiger partial charge on any atom is 0.232 e. The highest BCUT2D eigenvalue weighted by Gasteiger charge is 2.17. The summed E-state index contributed by atoms with van der Waals surface area (Å²) in [4.78, 5) is 11.5. The molecule has 7 heteroatoms. The molecule has 2 aromatic rings. The Morgan fingerprint density at radius 1 is 1.26 bits per heavy atom. The molecule has 124 valence electrons. The lowest BCUT2D eigenvalue weighted by molar-refractivity contribution is 0.101. The Bertz CT molecular complexity index is 754. The molecule has 1 aromatic carbocycles. The molecule has 2 rings (SSSR count). The third-order valence-corrected chi connectivity index (χ3v) is 4.51. The van der Waals surface area contributed by atoms with Gasteiger partial charge in [-0.05, 0) is 31.2 Å². The number of furan rings is 1. The highest BCUT2D eigenvalue weighted by molar-refractivity contribution is 7.92. The number of rotatable bonds is 8. The zero-order chi connectivity index (χ0) is 16.9. The predicted octanol–water partition coefficient (Wildman–Crippen LogP) is 2.04. The molecule has 0 aliphatic heterocycles. The van der Waals surface area contributed by atoms with Crippen LogP contribution in [0, 0.1) is 0 Å². The number of hydrogen-bond acceptors (Lipinski definition) is 5. The number of benzene rings is 1. The van der Waals surface area contributed by atoms with Crippen molar-refractivity contribution < 1.29 is 17.6 Å². The third-order valence-electron chi connectivity index (χ3n) is 3.31. The van der Waals surface area contributed by atoms with E-state index in [9.17, 15) is 13.2 Å². The van der Waals surface area contributed by atoms with Crippen molar-refractivity contribution in [3.05, 3.63) is 54.0 Å². The minimum atomic E-state index is -3.44. The maximum atomic E-state index is 12.0. The molecule has 0 saturated heterocycles. The molecule has 6 nitrogen and oxygen atoms in total. The van der Waals surface area contributed by atoms with Gasteiger partial charge in [-0.25, -0.2) is 8.42 Å². The quantitative estimate of drug-likeness (QED) is 0.589. The molecule has 0 bridgehead atoms. The van der Waals surface area contributed by atoms with Crippen LogP contribution >= 0.6 is 0 Å². The van der Waals surface area contributed by atoms with E-state index in [1.807, 2.05) is 6.07 Å². The SMILES string of the molecule is CC(=O)c1cccc(N(CCNCc2ccco2)S(C)(=O)=O)c1. The third kappa shape index (κ3) is 4.94. The summed E-state index contributed by atoms with van der Waals surface area (Å²) in [7, 11) is -3.44. The molecule has 0 radical (unpaired) electrons. The Morgan fingerprint density at radius 3 is 2.65 bits per heavy atom. The zero-order valence-electron chi connectivity index (χ0n) is 13.2. The first-order valence-corrected chi connectivity index (χ1v) is 9.04. The van der Waals surface area contributed by atoms with Crippen LogP contribution in [-0.4, -0.2) is 33.5 Å². The number of ketones is 1. The molecule has 1 heterocycles. The maximum absolute atomic E-state index is 12.0. The van der Waals surface area contributed by atoms with Gasteiger partial charge in [0.1, 0.15) is 5.76 Å². The smallest absolute Gasteiger partial charge is 0.232 e. The van der Waals surface area contributed by atoms with Crippen molar-refractivity contribution >= 4 is 21.5 Å². The Morgan fingerprint density at radius 2 is 2.04 bits per heavy atom. The van der Waals surface area contributed by atoms with Crippen LogP contribution in [0.1, 0.15) is 23.0 Å². The normalized spacial score (nSPS) is 11.4. The van der Waals surface area contributed by atoms with Gasteiger partial charge in [0, 0.05) is 18.7 Å². The fourth-order valence-electron chi connectivity index (χ4n) is 2.17. The van der Waals surface area contributed by atoms with Gasteiger partial charge in [0.05, 0.1) is 24.8 Å². The van der Waals surface area contributed by atoms with E-state index < -0.39 is 10.0 Å². The standard InChI is InChI=1S/C16H20N2O4S/c1-13(19)14-5-3-6-15(11-14)18(23(2,20)21)9-8-17-12-16-7-4-10-22-16/h3-7,10-11,17H,8-9,12H2,1-2H3. The highest BCUT2D eigenvalue weighted by atomic mass is 32.2. The van der Waals surface area contributed by atoms with Gasteiger partial charge in [0.2, 0.25) is 10.0 Å². The fourth-order valence-corrected chi connectivity index (χ4v) is 3.09. The lowest BCUT2D eigenvalue weighted by Gasteiger charge is -2.23. The Kier molecular flexibility index (Phi) is 5.57. The molecular weight excluding hydrogens is 316 g/mol. The van der Waals surface area contributed by atoms with Gasteiger partial charge in [-0.1, -0.05) is 12.1 Å². The molecule has 0 saturated carbocycles. The van der Waals surface area contributed by atoms with Crippen LogP contribution in [-0.2, 0) is 16.6 Å². The van der Waals surface area contributed by atoms with Crippen molar-refractivity contribution in [2.45, 2.75) is 13.5 Å². The van der Waals surface area contributed by atoms with Crippen LogP contribution in [0.5, 0.6) is 0 Å². The molecule has 0 amide bonds. The summed E-state index contributed by atoms with van der Waals surface area (Å²) < 4.78 is 30.6. The molecule has 23 heavy (non-hydrogen) atoms. The number of anilines is 1. The molecule has 0 unspecified atom stereocenters. The van der Waals surface area contributed by atoms with E-state index in [0.717, 1.165) is 12.0 Å². The average Bonchev–Trinajstić information content (AvgIpc) is 2.99. The lowest BCUT2D eigenvalue weighted by atomic mass is 10.1. The first kappa shape index (κ1) is 17.2. The van der Waals surface area contributed by atoms with Crippen molar-refractivity contribution in [2.24, 2.45) is 0 Å². The summed E-state index contributed by atoms with van der Waals surface area (Å²) in [6, 6.07) is 10.3. The van der Waals surface area contributed by atoms with E-state index in [0.29, 0.717) is 24.3 Å². The van der Waals surface area contributed by atoms with Crippen molar-refractivity contribution in [3.8, 4) is 0 Å². The van der Waals surface area contributed by atoms with E-state index in [-0.39, 0.29) is 12.3 Å². The molecule has 0 aliphatic carbocycles. The topological polar surface area (TPSA) is 79.6 Å². The molecule has 0 atom stereocenters. The number of Topliss-reactive ketones (excluding diaryl/α,β-unsaturated/α-hetero) is 1.